The van der Waals surface area contributed by atoms with Crippen molar-refractivity contribution in [2.75, 3.05) is 0 Å². The van der Waals surface area contributed by atoms with Crippen molar-refractivity contribution in [2.45, 2.75) is 0 Å². The molecule has 20 heavy (non-hydrogen) atoms. The van der Waals surface area contributed by atoms with Gasteiger partial charge in [0.25, 0.3) is 0 Å². The van der Waals surface area contributed by atoms with Crippen LogP contribution in [0.3, 0.4) is 0 Å². The number of benzene rings is 3. The van der Waals surface area contributed by atoms with Gasteiger partial charge in [0.2, 0.25) is 0 Å². The Morgan fingerprint density at radius 2 is 0.650 bits per heavy atom. The summed E-state index contributed by atoms with van der Waals surface area (Å²) in [6, 6.07) is 29.6. The quantitative estimate of drug-likeness (QED) is 0.655. The summed E-state index contributed by atoms with van der Waals surface area (Å²) in [6.45, 7) is 0. The van der Waals surface area contributed by atoms with E-state index in [1.54, 1.807) is 0 Å². The Bertz CT molecular complexity index is 575. The van der Waals surface area contributed by atoms with Gasteiger partial charge in [-0.2, -0.15) is 0 Å². The zero-order chi connectivity index (χ0) is 12.2. The molecule has 0 aliphatic heterocycles. The molecular weight excluding hydrogens is 244 g/mol. The highest BCUT2D eigenvalue weighted by Crippen LogP contribution is 2.31. The predicted molar refractivity (Wildman–Crippen MR) is 87.4 cm³/mol. The molecule has 0 saturated heterocycles. The Balaban J connectivity index is 0.000001000. The fourth-order valence-electron chi connectivity index (χ4n) is 2.22. The van der Waals surface area contributed by atoms with Crippen LogP contribution < -0.4 is 12.3 Å². The van der Waals surface area contributed by atoms with Crippen LogP contribution in [0.25, 0.3) is 22.3 Å². The summed E-state index contributed by atoms with van der Waals surface area (Å²) in [5, 5.41) is 0. The first-order valence-electron chi connectivity index (χ1n) is 6.15. The third-order valence-electron chi connectivity index (χ3n) is 3.10. The molecule has 3 rings (SSSR count). The van der Waals surface area contributed by atoms with Crippen LogP contribution in [0.2, 0.25) is 0 Å². The Morgan fingerprint density at radius 3 is 1.00 bits per heavy atom. The van der Waals surface area contributed by atoms with E-state index in [4.69, 9.17) is 0 Å². The highest BCUT2D eigenvalue weighted by atomic mass is 14.1. The average Bonchev–Trinajstić information content (AvgIpc) is 2.49. The molecular formula is C18H20N2. The summed E-state index contributed by atoms with van der Waals surface area (Å²) in [4.78, 5) is 0. The van der Waals surface area contributed by atoms with Gasteiger partial charge in [-0.25, -0.2) is 0 Å². The van der Waals surface area contributed by atoms with E-state index in [0.29, 0.717) is 0 Å². The molecule has 0 unspecified atom stereocenters. The van der Waals surface area contributed by atoms with Crippen LogP contribution in [0.5, 0.6) is 0 Å². The van der Waals surface area contributed by atoms with Crippen LogP contribution in [0.15, 0.2) is 84.9 Å². The van der Waals surface area contributed by atoms with Crippen molar-refractivity contribution in [1.29, 1.82) is 0 Å². The van der Waals surface area contributed by atoms with Crippen LogP contribution in [0, 0.1) is 0 Å². The van der Waals surface area contributed by atoms with Gasteiger partial charge in [0, 0.05) is 0 Å². The normalized spacial score (nSPS) is 9.20. The molecule has 0 heterocycles. The first kappa shape index (κ1) is 15.6. The highest BCUT2D eigenvalue weighted by molar-refractivity contribution is 5.83. The monoisotopic (exact) mass is 264 g/mol. The van der Waals surface area contributed by atoms with E-state index in [0.717, 1.165) is 0 Å². The zero-order valence-corrected chi connectivity index (χ0v) is 11.5. The number of hydrogen-bond donors (Lipinski definition) is 2. The zero-order valence-electron chi connectivity index (χ0n) is 11.5. The van der Waals surface area contributed by atoms with Gasteiger partial charge < -0.3 is 12.3 Å². The maximum Gasteiger partial charge on any atom is -0.0105 e. The molecule has 102 valence electrons. The maximum absolute atomic E-state index is 2.18. The lowest BCUT2D eigenvalue weighted by Gasteiger charge is -2.09. The Hall–Kier alpha value is -2.42. The van der Waals surface area contributed by atoms with Crippen LogP contribution in [-0.2, 0) is 0 Å². The SMILES string of the molecule is N.N.c1ccc(-c2ccccc2-c2ccccc2)cc1. The van der Waals surface area contributed by atoms with E-state index >= 15 is 0 Å². The summed E-state index contributed by atoms with van der Waals surface area (Å²) >= 11 is 0. The van der Waals surface area contributed by atoms with Crippen LogP contribution in [-0.4, -0.2) is 0 Å². The molecule has 0 bridgehead atoms. The molecule has 3 aromatic carbocycles. The van der Waals surface area contributed by atoms with Crippen molar-refractivity contribution in [2.24, 2.45) is 0 Å². The molecule has 0 aromatic heterocycles. The molecule has 0 amide bonds. The summed E-state index contributed by atoms with van der Waals surface area (Å²) < 4.78 is 0. The van der Waals surface area contributed by atoms with Gasteiger partial charge in [-0.3, -0.25) is 0 Å². The first-order chi connectivity index (χ1) is 8.95. The number of rotatable bonds is 2. The van der Waals surface area contributed by atoms with Crippen molar-refractivity contribution < 1.29 is 0 Å². The lowest BCUT2D eigenvalue weighted by atomic mass is 9.95. The van der Waals surface area contributed by atoms with E-state index < -0.39 is 0 Å². The van der Waals surface area contributed by atoms with E-state index in [-0.39, 0.29) is 12.3 Å². The lowest BCUT2D eigenvalue weighted by Crippen LogP contribution is -1.83. The summed E-state index contributed by atoms with van der Waals surface area (Å²) in [6.07, 6.45) is 0. The van der Waals surface area contributed by atoms with E-state index in [2.05, 4.69) is 84.9 Å². The molecule has 0 atom stereocenters. The van der Waals surface area contributed by atoms with Gasteiger partial charge in [-0.15, -0.1) is 0 Å². The predicted octanol–water partition coefficient (Wildman–Crippen LogP) is 5.34. The topological polar surface area (TPSA) is 70.0 Å². The summed E-state index contributed by atoms with van der Waals surface area (Å²) in [7, 11) is 0. The third-order valence-corrected chi connectivity index (χ3v) is 3.10. The van der Waals surface area contributed by atoms with Crippen LogP contribution in [0.4, 0.5) is 0 Å². The fraction of sp³-hybridized carbons (Fsp3) is 0. The molecule has 2 heteroatoms. The number of hydrogen-bond acceptors (Lipinski definition) is 2. The molecule has 0 aliphatic rings. The standard InChI is InChI=1S/C18H14.2H3N/c1-3-9-15(10-4-1)17-13-7-8-14-18(17)16-11-5-2-6-12-16;;/h1-14H;2*1H3. The van der Waals surface area contributed by atoms with Crippen LogP contribution >= 0.6 is 0 Å². The van der Waals surface area contributed by atoms with Gasteiger partial charge in [0.05, 0.1) is 0 Å². The molecule has 2 nitrogen and oxygen atoms in total. The second kappa shape index (κ2) is 7.24. The Kier molecular flexibility index (Phi) is 5.66. The molecule has 0 spiro atoms. The summed E-state index contributed by atoms with van der Waals surface area (Å²) in [5.41, 5.74) is 5.09. The fourth-order valence-corrected chi connectivity index (χ4v) is 2.22. The van der Waals surface area contributed by atoms with E-state index in [1.165, 1.54) is 22.3 Å². The van der Waals surface area contributed by atoms with Gasteiger partial charge in [0.1, 0.15) is 0 Å². The Labute approximate surface area is 120 Å². The van der Waals surface area contributed by atoms with E-state index in [1.807, 2.05) is 0 Å². The van der Waals surface area contributed by atoms with Crippen molar-refractivity contribution >= 4 is 0 Å². The first-order valence-corrected chi connectivity index (χ1v) is 6.15. The molecule has 0 fully saturated rings. The average molecular weight is 264 g/mol. The van der Waals surface area contributed by atoms with Crippen molar-refractivity contribution in [3.05, 3.63) is 84.9 Å². The van der Waals surface area contributed by atoms with E-state index in [9.17, 15) is 0 Å². The second-order valence-electron chi connectivity index (χ2n) is 4.28. The van der Waals surface area contributed by atoms with Crippen molar-refractivity contribution in [1.82, 2.24) is 12.3 Å². The van der Waals surface area contributed by atoms with Gasteiger partial charge in [-0.05, 0) is 22.3 Å². The summed E-state index contributed by atoms with van der Waals surface area (Å²) in [5.74, 6) is 0. The largest absolute Gasteiger partial charge is 0.344 e. The molecule has 0 saturated carbocycles. The molecule has 3 aromatic rings. The minimum atomic E-state index is 0. The highest BCUT2D eigenvalue weighted by Gasteiger charge is 2.05. The van der Waals surface area contributed by atoms with Gasteiger partial charge in [0.15, 0.2) is 0 Å². The minimum absolute atomic E-state index is 0. The third kappa shape index (κ3) is 3.12. The van der Waals surface area contributed by atoms with Crippen molar-refractivity contribution in [3.8, 4) is 22.3 Å². The van der Waals surface area contributed by atoms with Crippen LogP contribution in [0.1, 0.15) is 0 Å². The molecule has 0 aliphatic carbocycles. The van der Waals surface area contributed by atoms with Crippen molar-refractivity contribution in [3.63, 3.8) is 0 Å². The molecule has 0 radical (unpaired) electrons. The second-order valence-corrected chi connectivity index (χ2v) is 4.28. The lowest BCUT2D eigenvalue weighted by molar-refractivity contribution is 1.58. The molecule has 6 N–H and O–H groups in total. The van der Waals surface area contributed by atoms with Gasteiger partial charge in [-0.1, -0.05) is 84.9 Å². The van der Waals surface area contributed by atoms with Gasteiger partial charge >= 0.3 is 0 Å². The maximum atomic E-state index is 2.18. The minimum Gasteiger partial charge on any atom is -0.344 e. The Morgan fingerprint density at radius 1 is 0.350 bits per heavy atom. The smallest absolute Gasteiger partial charge is 0.0105 e.